The molecule has 1 aliphatic carbocycles. The Morgan fingerprint density at radius 2 is 2.10 bits per heavy atom. The summed E-state index contributed by atoms with van der Waals surface area (Å²) in [5.74, 6) is 0.633. The number of benzene rings is 1. The largest absolute Gasteiger partial charge is 0.482 e. The standard InChI is InChI=1S/C15H20N2O3/c1-19-12-5-2-10(3-6-12)16-11-4-7-14-13(8-11)17-15(18)9-20-14/h4,7-8,10,12,16H,2-3,5-6,9H2,1H3,(H,17,18). The molecule has 1 aromatic carbocycles. The third-order valence-corrected chi connectivity index (χ3v) is 3.99. The topological polar surface area (TPSA) is 59.6 Å². The van der Waals surface area contributed by atoms with Crippen molar-refractivity contribution in [2.24, 2.45) is 0 Å². The van der Waals surface area contributed by atoms with E-state index in [4.69, 9.17) is 9.47 Å². The van der Waals surface area contributed by atoms with Gasteiger partial charge in [-0.15, -0.1) is 0 Å². The lowest BCUT2D eigenvalue weighted by Crippen LogP contribution is -2.29. The third kappa shape index (κ3) is 2.88. The molecule has 3 rings (SSSR count). The molecule has 0 saturated heterocycles. The van der Waals surface area contributed by atoms with Gasteiger partial charge >= 0.3 is 0 Å². The van der Waals surface area contributed by atoms with Crippen molar-refractivity contribution in [3.05, 3.63) is 18.2 Å². The summed E-state index contributed by atoms with van der Waals surface area (Å²) in [4.78, 5) is 11.3. The Kier molecular flexibility index (Phi) is 3.78. The van der Waals surface area contributed by atoms with Gasteiger partial charge in [0.1, 0.15) is 5.75 Å². The van der Waals surface area contributed by atoms with Crippen molar-refractivity contribution in [2.45, 2.75) is 37.8 Å². The average molecular weight is 276 g/mol. The number of fused-ring (bicyclic) bond motifs is 1. The van der Waals surface area contributed by atoms with Gasteiger partial charge in [-0.25, -0.2) is 0 Å². The van der Waals surface area contributed by atoms with E-state index in [9.17, 15) is 4.79 Å². The van der Waals surface area contributed by atoms with Crippen molar-refractivity contribution in [2.75, 3.05) is 24.4 Å². The van der Waals surface area contributed by atoms with Gasteiger partial charge in [0.15, 0.2) is 6.61 Å². The minimum absolute atomic E-state index is 0.0980. The van der Waals surface area contributed by atoms with Crippen LogP contribution in [-0.4, -0.2) is 31.8 Å². The number of carbonyl (C=O) groups is 1. The molecule has 2 aliphatic rings. The molecule has 0 aromatic heterocycles. The van der Waals surface area contributed by atoms with Crippen LogP contribution < -0.4 is 15.4 Å². The Hall–Kier alpha value is -1.75. The zero-order valence-electron chi connectivity index (χ0n) is 11.6. The second kappa shape index (κ2) is 5.71. The SMILES string of the molecule is COC1CCC(Nc2ccc3c(c2)NC(=O)CO3)CC1. The first-order chi connectivity index (χ1) is 9.74. The first kappa shape index (κ1) is 13.2. The number of amides is 1. The highest BCUT2D eigenvalue weighted by Gasteiger charge is 2.21. The molecule has 1 amide bonds. The summed E-state index contributed by atoms with van der Waals surface area (Å²) in [6.45, 7) is 0.0980. The maximum absolute atomic E-state index is 11.3. The molecule has 1 aliphatic heterocycles. The molecule has 0 atom stereocenters. The van der Waals surface area contributed by atoms with Crippen LogP contribution in [0.25, 0.3) is 0 Å². The quantitative estimate of drug-likeness (QED) is 0.890. The third-order valence-electron chi connectivity index (χ3n) is 3.99. The van der Waals surface area contributed by atoms with Gasteiger partial charge in [0.25, 0.3) is 5.91 Å². The summed E-state index contributed by atoms with van der Waals surface area (Å²) in [5, 5.41) is 6.36. The number of ether oxygens (including phenoxy) is 2. The Labute approximate surface area is 118 Å². The van der Waals surface area contributed by atoms with E-state index in [1.807, 2.05) is 18.2 Å². The highest BCUT2D eigenvalue weighted by molar-refractivity contribution is 5.96. The fraction of sp³-hybridized carbons (Fsp3) is 0.533. The molecule has 0 spiro atoms. The number of nitrogens with one attached hydrogen (secondary N) is 2. The van der Waals surface area contributed by atoms with E-state index in [0.717, 1.165) is 42.8 Å². The summed E-state index contributed by atoms with van der Waals surface area (Å²) < 4.78 is 10.7. The Bertz CT molecular complexity index is 496. The molecule has 108 valence electrons. The van der Waals surface area contributed by atoms with Gasteiger partial charge < -0.3 is 20.1 Å². The number of methoxy groups -OCH3 is 1. The van der Waals surface area contributed by atoms with Gasteiger partial charge in [-0.05, 0) is 43.9 Å². The van der Waals surface area contributed by atoms with E-state index in [2.05, 4.69) is 10.6 Å². The predicted octanol–water partition coefficient (Wildman–Crippen LogP) is 2.39. The van der Waals surface area contributed by atoms with Gasteiger partial charge in [0, 0.05) is 18.8 Å². The fourth-order valence-corrected chi connectivity index (χ4v) is 2.85. The first-order valence-corrected chi connectivity index (χ1v) is 7.10. The monoisotopic (exact) mass is 276 g/mol. The Morgan fingerprint density at radius 3 is 2.85 bits per heavy atom. The van der Waals surface area contributed by atoms with E-state index < -0.39 is 0 Å². The number of hydrogen-bond donors (Lipinski definition) is 2. The molecule has 5 heteroatoms. The lowest BCUT2D eigenvalue weighted by molar-refractivity contribution is -0.118. The van der Waals surface area contributed by atoms with Crippen LogP contribution in [0.3, 0.4) is 0 Å². The van der Waals surface area contributed by atoms with E-state index in [1.54, 1.807) is 7.11 Å². The maximum atomic E-state index is 11.3. The molecule has 1 fully saturated rings. The molecule has 5 nitrogen and oxygen atoms in total. The van der Waals surface area contributed by atoms with Gasteiger partial charge in [-0.1, -0.05) is 0 Å². The van der Waals surface area contributed by atoms with Crippen molar-refractivity contribution in [3.8, 4) is 5.75 Å². The highest BCUT2D eigenvalue weighted by Crippen LogP contribution is 2.32. The van der Waals surface area contributed by atoms with Crippen LogP contribution >= 0.6 is 0 Å². The summed E-state index contributed by atoms with van der Waals surface area (Å²) >= 11 is 0. The zero-order chi connectivity index (χ0) is 13.9. The smallest absolute Gasteiger partial charge is 0.262 e. The fourth-order valence-electron chi connectivity index (χ4n) is 2.85. The van der Waals surface area contributed by atoms with Gasteiger partial charge in [-0.3, -0.25) is 4.79 Å². The van der Waals surface area contributed by atoms with Crippen molar-refractivity contribution >= 4 is 17.3 Å². The maximum Gasteiger partial charge on any atom is 0.262 e. The summed E-state index contributed by atoms with van der Waals surface area (Å²) in [5.41, 5.74) is 1.77. The minimum Gasteiger partial charge on any atom is -0.482 e. The summed E-state index contributed by atoms with van der Waals surface area (Å²) in [6.07, 6.45) is 4.82. The Morgan fingerprint density at radius 1 is 1.30 bits per heavy atom. The highest BCUT2D eigenvalue weighted by atomic mass is 16.5. The van der Waals surface area contributed by atoms with Crippen LogP contribution in [-0.2, 0) is 9.53 Å². The van der Waals surface area contributed by atoms with Crippen molar-refractivity contribution in [1.82, 2.24) is 0 Å². The van der Waals surface area contributed by atoms with Crippen molar-refractivity contribution in [1.29, 1.82) is 0 Å². The van der Waals surface area contributed by atoms with Crippen LogP contribution in [0.1, 0.15) is 25.7 Å². The van der Waals surface area contributed by atoms with Crippen LogP contribution in [0.2, 0.25) is 0 Å². The van der Waals surface area contributed by atoms with Gasteiger partial charge in [0.2, 0.25) is 0 Å². The lowest BCUT2D eigenvalue weighted by atomic mass is 9.93. The first-order valence-electron chi connectivity index (χ1n) is 7.10. The number of hydrogen-bond acceptors (Lipinski definition) is 4. The van der Waals surface area contributed by atoms with Crippen LogP contribution in [0.4, 0.5) is 11.4 Å². The number of carbonyl (C=O) groups excluding carboxylic acids is 1. The van der Waals surface area contributed by atoms with E-state index in [1.165, 1.54) is 0 Å². The zero-order valence-corrected chi connectivity index (χ0v) is 11.6. The number of anilines is 2. The second-order valence-electron chi connectivity index (χ2n) is 5.40. The average Bonchev–Trinajstić information content (AvgIpc) is 2.47. The molecule has 1 heterocycles. The lowest BCUT2D eigenvalue weighted by Gasteiger charge is -2.29. The molecule has 0 unspecified atom stereocenters. The molecule has 1 saturated carbocycles. The predicted molar refractivity (Wildman–Crippen MR) is 77.2 cm³/mol. The molecule has 2 N–H and O–H groups in total. The van der Waals surface area contributed by atoms with Gasteiger partial charge in [0.05, 0.1) is 11.8 Å². The van der Waals surface area contributed by atoms with E-state index in [0.29, 0.717) is 12.1 Å². The second-order valence-corrected chi connectivity index (χ2v) is 5.40. The molecule has 0 bridgehead atoms. The normalized spacial score (nSPS) is 25.4. The molecule has 1 aromatic rings. The Balaban J connectivity index is 1.64. The summed E-state index contributed by atoms with van der Waals surface area (Å²) in [6, 6.07) is 6.31. The van der Waals surface area contributed by atoms with Crippen molar-refractivity contribution < 1.29 is 14.3 Å². The van der Waals surface area contributed by atoms with Crippen LogP contribution in [0, 0.1) is 0 Å². The molecular weight excluding hydrogens is 256 g/mol. The van der Waals surface area contributed by atoms with Crippen molar-refractivity contribution in [3.63, 3.8) is 0 Å². The molecular formula is C15H20N2O3. The van der Waals surface area contributed by atoms with Gasteiger partial charge in [-0.2, -0.15) is 0 Å². The van der Waals surface area contributed by atoms with Crippen LogP contribution in [0.5, 0.6) is 5.75 Å². The minimum atomic E-state index is -0.102. The van der Waals surface area contributed by atoms with E-state index >= 15 is 0 Å². The summed E-state index contributed by atoms with van der Waals surface area (Å²) in [7, 11) is 1.78. The number of rotatable bonds is 3. The van der Waals surface area contributed by atoms with Crippen LogP contribution in [0.15, 0.2) is 18.2 Å². The van der Waals surface area contributed by atoms with E-state index in [-0.39, 0.29) is 12.5 Å². The molecule has 0 radical (unpaired) electrons. The molecule has 20 heavy (non-hydrogen) atoms.